The summed E-state index contributed by atoms with van der Waals surface area (Å²) in [7, 11) is 0. The minimum Gasteiger partial charge on any atom is -0.390 e. The van der Waals surface area contributed by atoms with Crippen molar-refractivity contribution >= 4 is 0 Å². The van der Waals surface area contributed by atoms with Gasteiger partial charge < -0.3 is 5.11 Å². The first-order chi connectivity index (χ1) is 11.5. The van der Waals surface area contributed by atoms with E-state index in [1.54, 1.807) is 0 Å². The quantitative estimate of drug-likeness (QED) is 0.920. The molecule has 0 aromatic carbocycles. The molecule has 3 rings (SSSR count). The molecule has 2 aliphatic heterocycles. The van der Waals surface area contributed by atoms with Crippen LogP contribution >= 0.6 is 0 Å². The van der Waals surface area contributed by atoms with E-state index in [2.05, 4.69) is 14.8 Å². The van der Waals surface area contributed by atoms with Crippen molar-refractivity contribution in [1.82, 2.24) is 19.8 Å². The molecular formula is C19H32N4O. The van der Waals surface area contributed by atoms with Gasteiger partial charge in [-0.05, 0) is 53.1 Å². The van der Waals surface area contributed by atoms with Crippen LogP contribution in [0.3, 0.4) is 0 Å². The fourth-order valence-electron chi connectivity index (χ4n) is 4.10. The van der Waals surface area contributed by atoms with Crippen LogP contribution in [0.15, 0.2) is 0 Å². The maximum absolute atomic E-state index is 10.7. The number of hydrogen-bond donors (Lipinski definition) is 1. The lowest BCUT2D eigenvalue weighted by Crippen LogP contribution is -2.54. The van der Waals surface area contributed by atoms with Gasteiger partial charge in [0.25, 0.3) is 0 Å². The molecule has 0 aliphatic carbocycles. The summed E-state index contributed by atoms with van der Waals surface area (Å²) in [4.78, 5) is 14.2. The highest BCUT2D eigenvalue weighted by Gasteiger charge is 2.32. The van der Waals surface area contributed by atoms with Crippen molar-refractivity contribution in [2.45, 2.75) is 71.6 Å². The fourth-order valence-corrected chi connectivity index (χ4v) is 4.10. The first-order valence-electron chi connectivity index (χ1n) is 9.50. The van der Waals surface area contributed by atoms with E-state index in [1.165, 1.54) is 25.7 Å². The molecule has 0 bridgehead atoms. The second-order valence-corrected chi connectivity index (χ2v) is 7.54. The summed E-state index contributed by atoms with van der Waals surface area (Å²) in [5.41, 5.74) is 4.09. The summed E-state index contributed by atoms with van der Waals surface area (Å²) < 4.78 is 0. The van der Waals surface area contributed by atoms with Crippen molar-refractivity contribution in [3.63, 3.8) is 0 Å². The molecule has 134 valence electrons. The second-order valence-electron chi connectivity index (χ2n) is 7.54. The second kappa shape index (κ2) is 7.89. The maximum atomic E-state index is 10.7. The third-order valence-corrected chi connectivity index (χ3v) is 5.69. The number of aryl methyl sites for hydroxylation is 3. The molecule has 2 saturated heterocycles. The smallest absolute Gasteiger partial charge is 0.0822 e. The molecule has 3 heterocycles. The average molecular weight is 332 g/mol. The van der Waals surface area contributed by atoms with Crippen LogP contribution in [0.1, 0.15) is 54.9 Å². The van der Waals surface area contributed by atoms with Gasteiger partial charge in [0.15, 0.2) is 0 Å². The van der Waals surface area contributed by atoms with Crippen LogP contribution in [-0.2, 0) is 6.54 Å². The van der Waals surface area contributed by atoms with Crippen LogP contribution in [0.25, 0.3) is 0 Å². The number of aromatic nitrogens is 2. The molecule has 1 aromatic rings. The summed E-state index contributed by atoms with van der Waals surface area (Å²) in [5.74, 6) is 0. The van der Waals surface area contributed by atoms with Gasteiger partial charge in [-0.25, -0.2) is 0 Å². The van der Waals surface area contributed by atoms with Crippen LogP contribution in [0, 0.1) is 20.8 Å². The molecule has 1 aromatic heterocycles. The van der Waals surface area contributed by atoms with Gasteiger partial charge in [-0.15, -0.1) is 0 Å². The van der Waals surface area contributed by atoms with Gasteiger partial charge in [-0.1, -0.05) is 12.8 Å². The minimum absolute atomic E-state index is 0.253. The lowest BCUT2D eigenvalue weighted by molar-refractivity contribution is -0.0148. The molecule has 0 spiro atoms. The van der Waals surface area contributed by atoms with Gasteiger partial charge in [0.2, 0.25) is 0 Å². The zero-order valence-corrected chi connectivity index (χ0v) is 15.5. The summed E-state index contributed by atoms with van der Waals surface area (Å²) in [5, 5.41) is 10.7. The van der Waals surface area contributed by atoms with Crippen LogP contribution in [0.5, 0.6) is 0 Å². The van der Waals surface area contributed by atoms with E-state index in [0.29, 0.717) is 6.04 Å². The van der Waals surface area contributed by atoms with Crippen LogP contribution in [0.2, 0.25) is 0 Å². The van der Waals surface area contributed by atoms with Gasteiger partial charge in [0.1, 0.15) is 0 Å². The maximum Gasteiger partial charge on any atom is 0.0822 e. The van der Waals surface area contributed by atoms with Crippen molar-refractivity contribution in [3.8, 4) is 0 Å². The van der Waals surface area contributed by atoms with Gasteiger partial charge in [0.05, 0.1) is 28.9 Å². The summed E-state index contributed by atoms with van der Waals surface area (Å²) in [6.07, 6.45) is 6.05. The van der Waals surface area contributed by atoms with Crippen molar-refractivity contribution < 1.29 is 5.11 Å². The Balaban J connectivity index is 1.60. The molecule has 0 amide bonds. The lowest BCUT2D eigenvalue weighted by Gasteiger charge is -2.41. The number of aliphatic hydroxyl groups is 1. The van der Waals surface area contributed by atoms with E-state index in [-0.39, 0.29) is 6.10 Å². The predicted molar refractivity (Wildman–Crippen MR) is 96.0 cm³/mol. The Labute approximate surface area is 146 Å². The Morgan fingerprint density at radius 3 is 2.25 bits per heavy atom. The van der Waals surface area contributed by atoms with E-state index in [0.717, 1.165) is 61.9 Å². The van der Waals surface area contributed by atoms with E-state index in [4.69, 9.17) is 4.98 Å². The van der Waals surface area contributed by atoms with Gasteiger partial charge in [-0.3, -0.25) is 19.8 Å². The first-order valence-corrected chi connectivity index (χ1v) is 9.50. The number of nitrogens with zero attached hydrogens (tertiary/aromatic N) is 4. The van der Waals surface area contributed by atoms with Crippen molar-refractivity contribution in [3.05, 3.63) is 22.8 Å². The van der Waals surface area contributed by atoms with Gasteiger partial charge >= 0.3 is 0 Å². The molecule has 2 aliphatic rings. The summed E-state index contributed by atoms with van der Waals surface area (Å²) in [6, 6.07) is 0.339. The number of rotatable bonds is 3. The van der Waals surface area contributed by atoms with E-state index >= 15 is 0 Å². The zero-order valence-electron chi connectivity index (χ0n) is 15.5. The van der Waals surface area contributed by atoms with E-state index < -0.39 is 0 Å². The average Bonchev–Trinajstić information content (AvgIpc) is 2.82. The number of aliphatic hydroxyl groups excluding tert-OH is 1. The minimum atomic E-state index is -0.253. The number of piperidine rings is 1. The Hall–Kier alpha value is -1.04. The summed E-state index contributed by atoms with van der Waals surface area (Å²) in [6.45, 7) is 11.0. The van der Waals surface area contributed by atoms with E-state index in [9.17, 15) is 5.11 Å². The molecule has 0 radical (unpaired) electrons. The standard InChI is InChI=1S/C19H32N4O/c1-14-15(2)21-17(16(3)20-14)12-22-11-8-18(19(24)13-22)23-9-6-4-5-7-10-23/h18-19,24H,4-13H2,1-3H3/t18-,19-/m1/s1. The van der Waals surface area contributed by atoms with Crippen molar-refractivity contribution in [1.29, 1.82) is 0 Å². The molecule has 2 fully saturated rings. The Morgan fingerprint density at radius 1 is 0.917 bits per heavy atom. The normalized spacial score (nSPS) is 27.2. The number of likely N-dealkylation sites (tertiary alicyclic amines) is 2. The van der Waals surface area contributed by atoms with Crippen LogP contribution in [0.4, 0.5) is 0 Å². The lowest BCUT2D eigenvalue weighted by atomic mass is 9.99. The number of β-amino-alcohol motifs (C(OH)–C–C–N with tert-alkyl or cyclic N) is 1. The van der Waals surface area contributed by atoms with Crippen molar-refractivity contribution in [2.24, 2.45) is 0 Å². The molecule has 5 nitrogen and oxygen atoms in total. The Morgan fingerprint density at radius 2 is 1.58 bits per heavy atom. The third-order valence-electron chi connectivity index (χ3n) is 5.69. The highest BCUT2D eigenvalue weighted by molar-refractivity contribution is 5.17. The van der Waals surface area contributed by atoms with Crippen molar-refractivity contribution in [2.75, 3.05) is 26.2 Å². The molecule has 0 unspecified atom stereocenters. The molecular weight excluding hydrogens is 300 g/mol. The molecule has 5 heteroatoms. The molecule has 0 saturated carbocycles. The molecule has 2 atom stereocenters. The highest BCUT2D eigenvalue weighted by atomic mass is 16.3. The van der Waals surface area contributed by atoms with Crippen LogP contribution in [-0.4, -0.2) is 63.2 Å². The molecule has 24 heavy (non-hydrogen) atoms. The third kappa shape index (κ3) is 4.13. The Kier molecular flexibility index (Phi) is 5.85. The van der Waals surface area contributed by atoms with E-state index in [1.807, 2.05) is 20.8 Å². The topological polar surface area (TPSA) is 52.5 Å². The zero-order chi connectivity index (χ0) is 17.1. The highest BCUT2D eigenvalue weighted by Crippen LogP contribution is 2.22. The fraction of sp³-hybridized carbons (Fsp3) is 0.789. The van der Waals surface area contributed by atoms with Gasteiger partial charge in [0, 0.05) is 25.7 Å². The predicted octanol–water partition coefficient (Wildman–Crippen LogP) is 2.21. The summed E-state index contributed by atoms with van der Waals surface area (Å²) >= 11 is 0. The molecule has 1 N–H and O–H groups in total. The van der Waals surface area contributed by atoms with Crippen LogP contribution < -0.4 is 0 Å². The largest absolute Gasteiger partial charge is 0.390 e. The Bertz CT molecular complexity index is 555. The monoisotopic (exact) mass is 332 g/mol. The first kappa shape index (κ1) is 17.8. The number of hydrogen-bond acceptors (Lipinski definition) is 5. The SMILES string of the molecule is Cc1nc(C)c(CN2CC[C@@H](N3CCCCCC3)[C@H](O)C2)nc1C. The van der Waals surface area contributed by atoms with Gasteiger partial charge in [-0.2, -0.15) is 0 Å².